The number of rotatable bonds is 7. The Bertz CT molecular complexity index is 1130. The normalized spacial score (nSPS) is 21.2. The van der Waals surface area contributed by atoms with E-state index in [1.807, 2.05) is 0 Å². The molecule has 15 nitrogen and oxygen atoms in total. The SMILES string of the molecule is NC(=O)[C@H]1CSSc2ccccc2C(=O)N[C@H](CCCN=C(N)N)C(=O)NCC(=O)N[C@H](CC(=O)O)C(=O)N1. The molecule has 212 valence electrons. The van der Waals surface area contributed by atoms with Crippen LogP contribution in [0.2, 0.25) is 0 Å². The number of carboxylic acid groups (broad SMARTS) is 1. The highest BCUT2D eigenvalue weighted by molar-refractivity contribution is 8.76. The molecule has 0 saturated carbocycles. The molecule has 3 atom stereocenters. The molecule has 0 radical (unpaired) electrons. The van der Waals surface area contributed by atoms with Crippen LogP contribution >= 0.6 is 21.6 Å². The molecule has 0 bridgehead atoms. The average molecular weight is 583 g/mol. The molecule has 1 aromatic carbocycles. The number of aliphatic imine (C=N–C) groups is 1. The molecule has 11 N–H and O–H groups in total. The van der Waals surface area contributed by atoms with Gasteiger partial charge in [-0.15, -0.1) is 0 Å². The smallest absolute Gasteiger partial charge is 0.305 e. The number of aliphatic carboxylic acids is 1. The van der Waals surface area contributed by atoms with Crippen molar-refractivity contribution in [2.75, 3.05) is 18.8 Å². The zero-order chi connectivity index (χ0) is 28.9. The lowest BCUT2D eigenvalue weighted by atomic mass is 10.1. The van der Waals surface area contributed by atoms with Gasteiger partial charge < -0.3 is 43.6 Å². The zero-order valence-corrected chi connectivity index (χ0v) is 22.3. The van der Waals surface area contributed by atoms with Crippen molar-refractivity contribution in [1.29, 1.82) is 0 Å². The van der Waals surface area contributed by atoms with Crippen molar-refractivity contribution in [2.45, 2.75) is 42.3 Å². The first kappa shape index (κ1) is 31.2. The minimum atomic E-state index is -1.54. The van der Waals surface area contributed by atoms with Crippen LogP contribution in [0.4, 0.5) is 0 Å². The molecule has 0 fully saturated rings. The van der Waals surface area contributed by atoms with Gasteiger partial charge in [-0.1, -0.05) is 33.7 Å². The van der Waals surface area contributed by atoms with Gasteiger partial charge in [0.25, 0.3) is 5.91 Å². The fraction of sp³-hybridized carbons (Fsp3) is 0.409. The zero-order valence-electron chi connectivity index (χ0n) is 20.7. The first-order valence-electron chi connectivity index (χ1n) is 11.6. The third kappa shape index (κ3) is 10.7. The fourth-order valence-corrected chi connectivity index (χ4v) is 5.68. The number of carbonyl (C=O) groups is 6. The number of nitrogens with two attached hydrogens (primary N) is 3. The quantitative estimate of drug-likeness (QED) is 0.0729. The number of nitrogens with zero attached hydrogens (tertiary/aromatic N) is 1. The largest absolute Gasteiger partial charge is 0.481 e. The minimum Gasteiger partial charge on any atom is -0.481 e. The third-order valence-corrected chi connectivity index (χ3v) is 7.62. The van der Waals surface area contributed by atoms with Crippen LogP contribution in [0.1, 0.15) is 29.6 Å². The summed E-state index contributed by atoms with van der Waals surface area (Å²) in [5.41, 5.74) is 16.3. The molecule has 5 amide bonds. The van der Waals surface area contributed by atoms with Crippen molar-refractivity contribution in [3.8, 4) is 0 Å². The van der Waals surface area contributed by atoms with Gasteiger partial charge in [0, 0.05) is 17.2 Å². The van der Waals surface area contributed by atoms with Crippen molar-refractivity contribution in [1.82, 2.24) is 21.3 Å². The van der Waals surface area contributed by atoms with E-state index in [4.69, 9.17) is 17.2 Å². The van der Waals surface area contributed by atoms with Crippen LogP contribution in [0.5, 0.6) is 0 Å². The average Bonchev–Trinajstić information content (AvgIpc) is 2.87. The molecule has 0 aliphatic carbocycles. The Morgan fingerprint density at radius 1 is 1.00 bits per heavy atom. The van der Waals surface area contributed by atoms with Gasteiger partial charge in [-0.05, 0) is 25.0 Å². The Labute approximate surface area is 231 Å². The van der Waals surface area contributed by atoms with Crippen LogP contribution < -0.4 is 38.5 Å². The lowest BCUT2D eigenvalue weighted by Crippen LogP contribution is -2.56. The summed E-state index contributed by atoms with van der Waals surface area (Å²) in [6.07, 6.45) is -0.329. The maximum atomic E-state index is 13.1. The Balaban J connectivity index is 2.35. The van der Waals surface area contributed by atoms with Crippen molar-refractivity contribution >= 4 is 63.1 Å². The Hall–Kier alpha value is -3.99. The highest BCUT2D eigenvalue weighted by Crippen LogP contribution is 2.34. The summed E-state index contributed by atoms with van der Waals surface area (Å²) in [6.45, 7) is -0.428. The summed E-state index contributed by atoms with van der Waals surface area (Å²) in [6, 6.07) is 2.74. The molecular formula is C22H30N8O7S2. The topological polar surface area (TPSA) is 261 Å². The maximum absolute atomic E-state index is 13.1. The second kappa shape index (κ2) is 15.4. The highest BCUT2D eigenvalue weighted by Gasteiger charge is 2.29. The number of primary amides is 1. The summed E-state index contributed by atoms with van der Waals surface area (Å²) in [7, 11) is 2.25. The standard InChI is InChI=1S/C22H30N8O7S2/c23-18(34)14-10-38-39-15-6-2-1-4-11(15)19(35)29-12(5-3-7-26-22(24)25)20(36)27-9-16(31)28-13(8-17(32)33)21(37)30-14/h1-2,4,6,12-14H,3,5,7-10H2,(H2,23,34)(H,27,36)(H,28,31)(H,29,35)(H,30,37)(H,32,33)(H4,24,25,26)/t12-,13-,14-/m1/s1. The van der Waals surface area contributed by atoms with Gasteiger partial charge in [-0.3, -0.25) is 33.8 Å². The molecular weight excluding hydrogens is 552 g/mol. The Kier molecular flexibility index (Phi) is 12.4. The molecule has 1 aromatic rings. The number of nitrogens with one attached hydrogen (secondary N) is 4. The number of fused-ring (bicyclic) bond motifs is 1. The van der Waals surface area contributed by atoms with Crippen LogP contribution in [0.25, 0.3) is 0 Å². The second-order valence-corrected chi connectivity index (χ2v) is 10.6. The van der Waals surface area contributed by atoms with Crippen molar-refractivity contribution in [2.24, 2.45) is 22.2 Å². The molecule has 0 aromatic heterocycles. The van der Waals surface area contributed by atoms with E-state index in [2.05, 4.69) is 26.3 Å². The van der Waals surface area contributed by atoms with Gasteiger partial charge in [0.15, 0.2) is 5.96 Å². The van der Waals surface area contributed by atoms with E-state index < -0.39 is 66.6 Å². The Morgan fingerprint density at radius 2 is 1.72 bits per heavy atom. The maximum Gasteiger partial charge on any atom is 0.305 e. The van der Waals surface area contributed by atoms with Crippen molar-refractivity contribution in [3.05, 3.63) is 29.8 Å². The molecule has 2 rings (SSSR count). The molecule has 0 saturated heterocycles. The molecule has 0 unspecified atom stereocenters. The Morgan fingerprint density at radius 3 is 2.38 bits per heavy atom. The van der Waals surface area contributed by atoms with Gasteiger partial charge in [-0.25, -0.2) is 0 Å². The van der Waals surface area contributed by atoms with E-state index in [1.54, 1.807) is 24.3 Å². The lowest BCUT2D eigenvalue weighted by Gasteiger charge is -2.21. The van der Waals surface area contributed by atoms with E-state index in [0.29, 0.717) is 11.3 Å². The van der Waals surface area contributed by atoms with Crippen LogP contribution in [0.15, 0.2) is 34.2 Å². The first-order chi connectivity index (χ1) is 18.5. The van der Waals surface area contributed by atoms with E-state index in [1.165, 1.54) is 0 Å². The van der Waals surface area contributed by atoms with Gasteiger partial charge in [0.05, 0.1) is 18.5 Å². The summed E-state index contributed by atoms with van der Waals surface area (Å²) in [5.74, 6) is -5.48. The summed E-state index contributed by atoms with van der Waals surface area (Å²) >= 11 is 0. The van der Waals surface area contributed by atoms with Crippen LogP contribution in [0, 0.1) is 0 Å². The van der Waals surface area contributed by atoms with Crippen molar-refractivity contribution < 1.29 is 33.9 Å². The number of carbonyl (C=O) groups excluding carboxylic acids is 5. The molecule has 0 spiro atoms. The molecule has 1 aliphatic rings. The molecule has 17 heteroatoms. The van der Waals surface area contributed by atoms with Gasteiger partial charge in [0.2, 0.25) is 23.6 Å². The summed E-state index contributed by atoms with van der Waals surface area (Å²) in [5, 5.41) is 18.8. The number of carboxylic acids is 1. The van der Waals surface area contributed by atoms with Crippen LogP contribution in [-0.2, 0) is 24.0 Å². The van der Waals surface area contributed by atoms with E-state index in [9.17, 15) is 33.9 Å². The predicted octanol–water partition coefficient (Wildman–Crippen LogP) is -2.36. The van der Waals surface area contributed by atoms with E-state index >= 15 is 0 Å². The summed E-state index contributed by atoms with van der Waals surface area (Å²) in [4.78, 5) is 78.8. The molecule has 1 aliphatic heterocycles. The predicted molar refractivity (Wildman–Crippen MR) is 144 cm³/mol. The summed E-state index contributed by atoms with van der Waals surface area (Å²) < 4.78 is 0. The minimum absolute atomic E-state index is 0.0249. The number of hydrogen-bond donors (Lipinski definition) is 8. The highest BCUT2D eigenvalue weighted by atomic mass is 33.1. The third-order valence-electron chi connectivity index (χ3n) is 5.20. The van der Waals surface area contributed by atoms with Crippen LogP contribution in [-0.4, -0.2) is 83.5 Å². The van der Waals surface area contributed by atoms with Gasteiger partial charge >= 0.3 is 5.97 Å². The number of hydrogen-bond acceptors (Lipinski definition) is 9. The van der Waals surface area contributed by atoms with Gasteiger partial charge in [0.1, 0.15) is 18.1 Å². The lowest BCUT2D eigenvalue weighted by molar-refractivity contribution is -0.141. The number of amides is 5. The number of benzene rings is 1. The fourth-order valence-electron chi connectivity index (χ4n) is 3.29. The molecule has 1 heterocycles. The first-order valence-corrected chi connectivity index (χ1v) is 13.9. The monoisotopic (exact) mass is 582 g/mol. The molecule has 39 heavy (non-hydrogen) atoms. The van der Waals surface area contributed by atoms with Crippen LogP contribution in [0.3, 0.4) is 0 Å². The van der Waals surface area contributed by atoms with Gasteiger partial charge in [-0.2, -0.15) is 0 Å². The van der Waals surface area contributed by atoms with Crippen molar-refractivity contribution in [3.63, 3.8) is 0 Å². The second-order valence-electron chi connectivity index (χ2n) is 8.24. The number of guanidine groups is 1. The van der Waals surface area contributed by atoms with E-state index in [-0.39, 0.29) is 30.2 Å². The van der Waals surface area contributed by atoms with E-state index in [0.717, 1.165) is 21.6 Å².